The third-order valence-corrected chi connectivity index (χ3v) is 8.82. The fourth-order valence-electron chi connectivity index (χ4n) is 3.38. The van der Waals surface area contributed by atoms with E-state index in [1.807, 2.05) is 6.92 Å². The monoisotopic (exact) mass is 373 g/mol. The molecule has 0 radical (unpaired) electrons. The van der Waals surface area contributed by atoms with Crippen molar-refractivity contribution in [3.63, 3.8) is 0 Å². The first-order valence-electron chi connectivity index (χ1n) is 9.29. The molecule has 0 aliphatic carbocycles. The lowest BCUT2D eigenvalue weighted by Gasteiger charge is -2.27. The van der Waals surface area contributed by atoms with Crippen LogP contribution >= 0.6 is 7.26 Å². The largest absolute Gasteiger partial charge is 0.378 e. The van der Waals surface area contributed by atoms with E-state index in [4.69, 9.17) is 4.74 Å². The zero-order valence-electron chi connectivity index (χ0n) is 15.8. The van der Waals surface area contributed by atoms with E-state index in [1.165, 1.54) is 15.9 Å². The van der Waals surface area contributed by atoms with Crippen LogP contribution in [0.3, 0.4) is 0 Å². The van der Waals surface area contributed by atoms with Crippen molar-refractivity contribution in [2.45, 2.75) is 6.92 Å². The lowest BCUT2D eigenvalue weighted by molar-refractivity contribution is 0.177. The van der Waals surface area contributed by atoms with Gasteiger partial charge in [-0.3, -0.25) is 0 Å². The van der Waals surface area contributed by atoms with Gasteiger partial charge in [-0.15, -0.1) is 0 Å². The molecule has 0 heterocycles. The van der Waals surface area contributed by atoms with E-state index in [1.54, 1.807) is 0 Å². The Labute approximate surface area is 163 Å². The standard InChI is InChI=1S/C25H26OP/c1-3-26-21-13-14-22(2)27(23-15-7-4-8-16-23,24-17-9-5-10-18-24)25-19-11-6-12-20-25/h4-20H,2-3,21H2,1H3/q+1/b14-13+. The van der Waals surface area contributed by atoms with E-state index >= 15 is 0 Å². The molecule has 3 aromatic rings. The fraction of sp³-hybridized carbons (Fsp3) is 0.120. The average Bonchev–Trinajstić information content (AvgIpc) is 2.74. The highest BCUT2D eigenvalue weighted by Gasteiger charge is 2.47. The van der Waals surface area contributed by atoms with Gasteiger partial charge in [-0.25, -0.2) is 0 Å². The van der Waals surface area contributed by atoms with Crippen molar-refractivity contribution in [1.29, 1.82) is 0 Å². The minimum Gasteiger partial charge on any atom is -0.378 e. The van der Waals surface area contributed by atoms with Crippen LogP contribution in [0.5, 0.6) is 0 Å². The molecule has 0 aromatic heterocycles. The lowest BCUT2D eigenvalue weighted by atomic mass is 10.3. The molecule has 0 fully saturated rings. The van der Waals surface area contributed by atoms with Crippen LogP contribution in [-0.4, -0.2) is 13.2 Å². The minimum absolute atomic E-state index is 0.605. The van der Waals surface area contributed by atoms with Gasteiger partial charge in [-0.2, -0.15) is 0 Å². The first kappa shape index (κ1) is 19.3. The maximum absolute atomic E-state index is 5.50. The normalized spacial score (nSPS) is 11.6. The fourth-order valence-corrected chi connectivity index (χ4v) is 7.46. The molecule has 0 bridgehead atoms. The Kier molecular flexibility index (Phi) is 6.76. The Bertz CT molecular complexity index is 773. The number of allylic oxidation sites excluding steroid dienone is 2. The van der Waals surface area contributed by atoms with E-state index in [9.17, 15) is 0 Å². The van der Waals surface area contributed by atoms with Crippen molar-refractivity contribution < 1.29 is 4.74 Å². The van der Waals surface area contributed by atoms with E-state index in [0.717, 1.165) is 5.31 Å². The predicted octanol–water partition coefficient (Wildman–Crippen LogP) is 5.09. The highest BCUT2D eigenvalue weighted by atomic mass is 31.2. The number of benzene rings is 3. The second kappa shape index (κ2) is 9.46. The summed E-state index contributed by atoms with van der Waals surface area (Å²) in [4.78, 5) is 0. The Balaban J connectivity index is 2.23. The molecule has 1 nitrogen and oxygen atoms in total. The van der Waals surface area contributed by atoms with Gasteiger partial charge in [0.15, 0.2) is 0 Å². The molecule has 0 atom stereocenters. The van der Waals surface area contributed by atoms with Crippen LogP contribution < -0.4 is 15.9 Å². The first-order valence-corrected chi connectivity index (χ1v) is 11.1. The maximum Gasteiger partial charge on any atom is 0.143 e. The van der Waals surface area contributed by atoms with E-state index < -0.39 is 7.26 Å². The van der Waals surface area contributed by atoms with Crippen molar-refractivity contribution in [2.24, 2.45) is 0 Å². The minimum atomic E-state index is -2.03. The van der Waals surface area contributed by atoms with Crippen molar-refractivity contribution in [1.82, 2.24) is 0 Å². The molecule has 0 aliphatic rings. The summed E-state index contributed by atoms with van der Waals surface area (Å²) in [6.07, 6.45) is 4.23. The van der Waals surface area contributed by atoms with Gasteiger partial charge in [-0.05, 0) is 49.4 Å². The van der Waals surface area contributed by atoms with Crippen LogP contribution in [0, 0.1) is 0 Å². The maximum atomic E-state index is 5.50. The van der Waals surface area contributed by atoms with Gasteiger partial charge < -0.3 is 4.74 Å². The molecule has 0 aliphatic heterocycles. The van der Waals surface area contributed by atoms with Gasteiger partial charge >= 0.3 is 0 Å². The first-order chi connectivity index (χ1) is 13.3. The molecule has 2 heteroatoms. The Morgan fingerprint density at radius 1 is 0.778 bits per heavy atom. The highest BCUT2D eigenvalue weighted by Crippen LogP contribution is 2.62. The molecular formula is C25H26OP+. The second-order valence-corrected chi connectivity index (χ2v) is 9.70. The number of hydrogen-bond donors (Lipinski definition) is 0. The Morgan fingerprint density at radius 2 is 1.19 bits per heavy atom. The van der Waals surface area contributed by atoms with Gasteiger partial charge in [0, 0.05) is 6.61 Å². The van der Waals surface area contributed by atoms with Crippen LogP contribution in [0.15, 0.2) is 115 Å². The van der Waals surface area contributed by atoms with Crippen molar-refractivity contribution in [3.8, 4) is 0 Å². The van der Waals surface area contributed by atoms with Crippen LogP contribution in [0.2, 0.25) is 0 Å². The van der Waals surface area contributed by atoms with Crippen LogP contribution in [0.25, 0.3) is 0 Å². The zero-order chi connectivity index (χ0) is 19.0. The molecule has 0 unspecified atom stereocenters. The predicted molar refractivity (Wildman–Crippen MR) is 120 cm³/mol. The third kappa shape index (κ3) is 4.11. The van der Waals surface area contributed by atoms with Gasteiger partial charge in [-0.1, -0.05) is 67.3 Å². The quantitative estimate of drug-likeness (QED) is 0.304. The van der Waals surface area contributed by atoms with Crippen molar-refractivity contribution in [3.05, 3.63) is 115 Å². The molecule has 136 valence electrons. The summed E-state index contributed by atoms with van der Waals surface area (Å²) in [6.45, 7) is 7.89. The molecule has 3 rings (SSSR count). The number of ether oxygens (including phenoxy) is 1. The van der Waals surface area contributed by atoms with E-state index in [0.29, 0.717) is 13.2 Å². The molecule has 0 N–H and O–H groups in total. The van der Waals surface area contributed by atoms with Crippen LogP contribution in [0.4, 0.5) is 0 Å². The second-order valence-electron chi connectivity index (χ2n) is 6.23. The van der Waals surface area contributed by atoms with E-state index in [-0.39, 0.29) is 0 Å². The van der Waals surface area contributed by atoms with Gasteiger partial charge in [0.1, 0.15) is 28.5 Å². The van der Waals surface area contributed by atoms with Crippen LogP contribution in [0.1, 0.15) is 6.92 Å². The number of hydrogen-bond acceptors (Lipinski definition) is 1. The molecule has 0 saturated heterocycles. The molecule has 0 spiro atoms. The third-order valence-electron chi connectivity index (χ3n) is 4.59. The van der Waals surface area contributed by atoms with E-state index in [2.05, 4.69) is 110 Å². The summed E-state index contributed by atoms with van der Waals surface area (Å²) in [5, 5.41) is 5.07. The molecular weight excluding hydrogens is 347 g/mol. The van der Waals surface area contributed by atoms with Crippen molar-refractivity contribution in [2.75, 3.05) is 13.2 Å². The van der Waals surface area contributed by atoms with Gasteiger partial charge in [0.05, 0.1) is 6.61 Å². The summed E-state index contributed by atoms with van der Waals surface area (Å²) in [7, 11) is -2.03. The summed E-state index contributed by atoms with van der Waals surface area (Å²) >= 11 is 0. The molecule has 0 saturated carbocycles. The zero-order valence-corrected chi connectivity index (χ0v) is 16.7. The molecule has 0 amide bonds. The number of rotatable bonds is 8. The van der Waals surface area contributed by atoms with Gasteiger partial charge in [0.2, 0.25) is 0 Å². The summed E-state index contributed by atoms with van der Waals surface area (Å²) in [5.41, 5.74) is 0. The topological polar surface area (TPSA) is 9.23 Å². The summed E-state index contributed by atoms with van der Waals surface area (Å²) < 4.78 is 5.50. The molecule has 27 heavy (non-hydrogen) atoms. The van der Waals surface area contributed by atoms with Gasteiger partial charge in [0.25, 0.3) is 0 Å². The Morgan fingerprint density at radius 3 is 1.56 bits per heavy atom. The lowest BCUT2D eigenvalue weighted by Crippen LogP contribution is -2.31. The summed E-state index contributed by atoms with van der Waals surface area (Å²) in [6, 6.07) is 32.3. The van der Waals surface area contributed by atoms with Crippen LogP contribution in [-0.2, 0) is 4.74 Å². The Hall–Kier alpha value is -2.47. The molecule has 3 aromatic carbocycles. The summed E-state index contributed by atoms with van der Waals surface area (Å²) in [5.74, 6) is 0. The SMILES string of the molecule is C=C(/C=C/COCC)[P+](c1ccccc1)(c1ccccc1)c1ccccc1. The highest BCUT2D eigenvalue weighted by molar-refractivity contribution is 7.99. The van der Waals surface area contributed by atoms with Crippen molar-refractivity contribution >= 4 is 23.2 Å². The smallest absolute Gasteiger partial charge is 0.143 e. The average molecular weight is 373 g/mol.